The normalized spacial score (nSPS) is 43.2. The monoisotopic (exact) mass is 188 g/mol. The van der Waals surface area contributed by atoms with Gasteiger partial charge in [0.1, 0.15) is 38.0 Å². The van der Waals surface area contributed by atoms with Gasteiger partial charge in [-0.05, 0) is 0 Å². The van der Waals surface area contributed by atoms with Crippen molar-refractivity contribution < 1.29 is 25.2 Å². The molecule has 1 rings (SSSR count). The highest BCUT2D eigenvalue weighted by Crippen LogP contribution is 2.22. The van der Waals surface area contributed by atoms with Gasteiger partial charge in [-0.25, -0.2) is 0 Å². The van der Waals surface area contributed by atoms with Gasteiger partial charge in [0.15, 0.2) is 0 Å². The zero-order valence-corrected chi connectivity index (χ0v) is 7.29. The Bertz CT molecular complexity index is 205. The molecule has 1 fully saturated rings. The molecule has 1 saturated heterocycles. The van der Waals surface area contributed by atoms with Gasteiger partial charge in [0.2, 0.25) is 0 Å². The number of ether oxygens (including phenoxy) is 1. The third-order valence-corrected chi connectivity index (χ3v) is 2.10. The summed E-state index contributed by atoms with van der Waals surface area (Å²) in [6, 6.07) is 0. The minimum Gasteiger partial charge on any atom is -0.488 e. The van der Waals surface area contributed by atoms with Crippen molar-refractivity contribution in [3.63, 3.8) is 0 Å². The SMILES string of the molecule is B/C=C1\OC(CO)[C@H](O)C(O)C1O. The average Bonchev–Trinajstić information content (AvgIpc) is 2.15. The van der Waals surface area contributed by atoms with Crippen LogP contribution in [0, 0.1) is 0 Å². The zero-order valence-electron chi connectivity index (χ0n) is 7.29. The first-order chi connectivity index (χ1) is 6.11. The molecule has 0 spiro atoms. The third kappa shape index (κ3) is 1.86. The first kappa shape index (κ1) is 10.5. The lowest BCUT2D eigenvalue weighted by Gasteiger charge is -2.36. The van der Waals surface area contributed by atoms with Crippen LogP contribution < -0.4 is 0 Å². The van der Waals surface area contributed by atoms with Crippen molar-refractivity contribution in [2.75, 3.05) is 6.61 Å². The van der Waals surface area contributed by atoms with E-state index >= 15 is 0 Å². The van der Waals surface area contributed by atoms with E-state index in [2.05, 4.69) is 0 Å². The number of aliphatic hydroxyl groups excluding tert-OH is 4. The summed E-state index contributed by atoms with van der Waals surface area (Å²) in [5.74, 6) is 1.67. The first-order valence-corrected chi connectivity index (χ1v) is 4.09. The van der Waals surface area contributed by atoms with E-state index in [0.717, 1.165) is 0 Å². The Morgan fingerprint density at radius 3 is 2.38 bits per heavy atom. The van der Waals surface area contributed by atoms with Gasteiger partial charge in [-0.2, -0.15) is 0 Å². The van der Waals surface area contributed by atoms with Crippen LogP contribution >= 0.6 is 0 Å². The van der Waals surface area contributed by atoms with Crippen molar-refractivity contribution in [3.8, 4) is 0 Å². The van der Waals surface area contributed by atoms with E-state index in [1.807, 2.05) is 0 Å². The van der Waals surface area contributed by atoms with Crippen LogP contribution in [-0.2, 0) is 4.74 Å². The van der Waals surface area contributed by atoms with Crippen molar-refractivity contribution >= 4 is 7.85 Å². The van der Waals surface area contributed by atoms with E-state index in [1.165, 1.54) is 5.98 Å². The molecule has 0 bridgehead atoms. The maximum atomic E-state index is 9.34. The van der Waals surface area contributed by atoms with Gasteiger partial charge in [-0.3, -0.25) is 0 Å². The van der Waals surface area contributed by atoms with E-state index in [9.17, 15) is 15.3 Å². The highest BCUT2D eigenvalue weighted by molar-refractivity contribution is 6.17. The van der Waals surface area contributed by atoms with Crippen LogP contribution in [0.15, 0.2) is 11.7 Å². The minimum absolute atomic E-state index is 0.178. The molecule has 0 saturated carbocycles. The third-order valence-electron chi connectivity index (χ3n) is 2.10. The summed E-state index contributed by atoms with van der Waals surface area (Å²) in [6.45, 7) is -0.401. The average molecular weight is 188 g/mol. The molecule has 0 aliphatic carbocycles. The van der Waals surface area contributed by atoms with E-state index in [0.29, 0.717) is 0 Å². The highest BCUT2D eigenvalue weighted by atomic mass is 16.5. The summed E-state index contributed by atoms with van der Waals surface area (Å²) in [4.78, 5) is 0. The van der Waals surface area contributed by atoms with Gasteiger partial charge in [-0.1, -0.05) is 5.98 Å². The van der Waals surface area contributed by atoms with Gasteiger partial charge in [-0.15, -0.1) is 0 Å². The number of rotatable bonds is 1. The number of aliphatic hydroxyl groups is 4. The molecule has 1 aliphatic heterocycles. The molecule has 74 valence electrons. The Balaban J connectivity index is 2.78. The van der Waals surface area contributed by atoms with Crippen LogP contribution in [0.3, 0.4) is 0 Å². The van der Waals surface area contributed by atoms with Crippen LogP contribution in [-0.4, -0.2) is 59.3 Å². The fraction of sp³-hybridized carbons (Fsp3) is 0.714. The van der Waals surface area contributed by atoms with Gasteiger partial charge >= 0.3 is 0 Å². The fourth-order valence-corrected chi connectivity index (χ4v) is 1.27. The molecule has 4 N–H and O–H groups in total. The molecule has 5 nitrogen and oxygen atoms in total. The van der Waals surface area contributed by atoms with Gasteiger partial charge in [0, 0.05) is 0 Å². The van der Waals surface area contributed by atoms with Gasteiger partial charge in [0.25, 0.3) is 0 Å². The summed E-state index contributed by atoms with van der Waals surface area (Å²) in [5, 5.41) is 36.7. The summed E-state index contributed by atoms with van der Waals surface area (Å²) >= 11 is 0. The molecule has 0 aromatic heterocycles. The van der Waals surface area contributed by atoms with Crippen molar-refractivity contribution in [1.82, 2.24) is 0 Å². The molecule has 1 heterocycles. The second-order valence-corrected chi connectivity index (χ2v) is 2.96. The minimum atomic E-state index is -1.31. The van der Waals surface area contributed by atoms with Crippen molar-refractivity contribution in [1.29, 1.82) is 0 Å². The van der Waals surface area contributed by atoms with Gasteiger partial charge in [0.05, 0.1) is 6.61 Å². The first-order valence-electron chi connectivity index (χ1n) is 4.09. The van der Waals surface area contributed by atoms with Crippen LogP contribution in [0.1, 0.15) is 0 Å². The number of hydrogen-bond donors (Lipinski definition) is 4. The fourth-order valence-electron chi connectivity index (χ4n) is 1.27. The molecule has 6 heteroatoms. The molecular weight excluding hydrogens is 175 g/mol. The zero-order chi connectivity index (χ0) is 10.0. The van der Waals surface area contributed by atoms with Crippen LogP contribution in [0.5, 0.6) is 0 Å². The van der Waals surface area contributed by atoms with E-state index in [4.69, 9.17) is 9.84 Å². The Morgan fingerprint density at radius 1 is 1.31 bits per heavy atom. The van der Waals surface area contributed by atoms with Crippen molar-refractivity contribution in [3.05, 3.63) is 11.7 Å². The Hall–Kier alpha value is -0.555. The highest BCUT2D eigenvalue weighted by Gasteiger charge is 2.40. The number of hydrogen-bond acceptors (Lipinski definition) is 5. The summed E-state index contributed by atoms with van der Waals surface area (Å²) in [7, 11) is 1.64. The molecular formula is C7H13BO5. The molecule has 4 atom stereocenters. The molecule has 13 heavy (non-hydrogen) atoms. The smallest absolute Gasteiger partial charge is 0.150 e. The Kier molecular flexibility index (Phi) is 3.32. The maximum Gasteiger partial charge on any atom is 0.150 e. The molecule has 0 aromatic carbocycles. The Labute approximate surface area is 76.7 Å². The van der Waals surface area contributed by atoms with Gasteiger partial charge < -0.3 is 25.2 Å². The Morgan fingerprint density at radius 2 is 1.92 bits per heavy atom. The van der Waals surface area contributed by atoms with E-state index < -0.39 is 31.0 Å². The lowest BCUT2D eigenvalue weighted by Crippen LogP contribution is -2.53. The quantitative estimate of drug-likeness (QED) is 0.328. The second kappa shape index (κ2) is 4.10. The van der Waals surface area contributed by atoms with Crippen LogP contribution in [0.2, 0.25) is 0 Å². The summed E-state index contributed by atoms with van der Waals surface area (Å²) in [5.41, 5.74) is 0. The summed E-state index contributed by atoms with van der Waals surface area (Å²) < 4.78 is 5.03. The topological polar surface area (TPSA) is 90.2 Å². The van der Waals surface area contributed by atoms with E-state index in [1.54, 1.807) is 7.85 Å². The maximum absolute atomic E-state index is 9.34. The van der Waals surface area contributed by atoms with Crippen LogP contribution in [0.4, 0.5) is 0 Å². The van der Waals surface area contributed by atoms with Crippen molar-refractivity contribution in [2.24, 2.45) is 0 Å². The lowest BCUT2D eigenvalue weighted by atomic mass is 9.95. The standard InChI is InChI=1S/C7H13BO5/c8-1-3-5(10)7(12)6(11)4(2-9)13-3/h1,4-7,9-12H,2,8H2/b3-1-/t4?,5?,6-,7?/m0/s1. The lowest BCUT2D eigenvalue weighted by molar-refractivity contribution is -0.164. The van der Waals surface area contributed by atoms with Crippen LogP contribution in [0.25, 0.3) is 0 Å². The van der Waals surface area contributed by atoms with Crippen molar-refractivity contribution in [2.45, 2.75) is 24.4 Å². The predicted molar refractivity (Wildman–Crippen MR) is 46.6 cm³/mol. The molecule has 0 radical (unpaired) electrons. The second-order valence-electron chi connectivity index (χ2n) is 2.96. The molecule has 0 aromatic rings. The molecule has 3 unspecified atom stereocenters. The largest absolute Gasteiger partial charge is 0.488 e. The predicted octanol–water partition coefficient (Wildman–Crippen LogP) is -3.07. The van der Waals surface area contributed by atoms with E-state index in [-0.39, 0.29) is 5.76 Å². The molecule has 0 amide bonds. The summed E-state index contributed by atoms with van der Waals surface area (Å²) in [6.07, 6.45) is -4.66. The molecule has 1 aliphatic rings.